The third-order valence-electron chi connectivity index (χ3n) is 3.73. The highest BCUT2D eigenvalue weighted by atomic mass is 19.4. The summed E-state index contributed by atoms with van der Waals surface area (Å²) in [5, 5.41) is 9.31. The Morgan fingerprint density at radius 2 is 1.54 bits per heavy atom. The van der Waals surface area contributed by atoms with Crippen LogP contribution in [0.5, 0.6) is 5.75 Å². The number of aromatic hydroxyl groups is 1. The van der Waals surface area contributed by atoms with Gasteiger partial charge in [-0.15, -0.1) is 0 Å². The van der Waals surface area contributed by atoms with E-state index in [1.807, 2.05) is 22.9 Å². The van der Waals surface area contributed by atoms with Gasteiger partial charge < -0.3 is 9.67 Å². The van der Waals surface area contributed by atoms with Crippen LogP contribution in [0.3, 0.4) is 0 Å². The summed E-state index contributed by atoms with van der Waals surface area (Å²) in [6.45, 7) is 0.580. The highest BCUT2D eigenvalue weighted by Crippen LogP contribution is 2.29. The molecule has 3 aromatic rings. The van der Waals surface area contributed by atoms with Crippen LogP contribution in [0, 0.1) is 0 Å². The molecule has 0 aliphatic rings. The molecule has 0 unspecified atom stereocenters. The highest BCUT2D eigenvalue weighted by molar-refractivity contribution is 5.28. The van der Waals surface area contributed by atoms with Crippen molar-refractivity contribution >= 4 is 0 Å². The van der Waals surface area contributed by atoms with E-state index in [-0.39, 0.29) is 5.75 Å². The zero-order valence-corrected chi connectivity index (χ0v) is 12.7. The lowest BCUT2D eigenvalue weighted by atomic mass is 10.1. The average molecular weight is 332 g/mol. The van der Waals surface area contributed by atoms with Crippen LogP contribution in [0.25, 0.3) is 0 Å². The van der Waals surface area contributed by atoms with Gasteiger partial charge in [-0.25, -0.2) is 4.98 Å². The van der Waals surface area contributed by atoms with Gasteiger partial charge in [0.2, 0.25) is 0 Å². The van der Waals surface area contributed by atoms with Crippen molar-refractivity contribution in [1.82, 2.24) is 9.55 Å². The van der Waals surface area contributed by atoms with E-state index in [4.69, 9.17) is 0 Å². The van der Waals surface area contributed by atoms with Crippen molar-refractivity contribution in [3.8, 4) is 5.75 Å². The van der Waals surface area contributed by atoms with E-state index < -0.39 is 11.7 Å². The number of phenols is 1. The fraction of sp³-hybridized carbons (Fsp3) is 0.167. The van der Waals surface area contributed by atoms with Crippen LogP contribution in [0.1, 0.15) is 22.5 Å². The Labute approximate surface area is 137 Å². The maximum Gasteiger partial charge on any atom is 0.416 e. The van der Waals surface area contributed by atoms with E-state index in [1.165, 1.54) is 12.1 Å². The van der Waals surface area contributed by atoms with Crippen molar-refractivity contribution in [3.05, 3.63) is 83.4 Å². The third-order valence-corrected chi connectivity index (χ3v) is 3.73. The van der Waals surface area contributed by atoms with Crippen LogP contribution >= 0.6 is 0 Å². The fourth-order valence-corrected chi connectivity index (χ4v) is 2.44. The highest BCUT2D eigenvalue weighted by Gasteiger charge is 2.29. The Morgan fingerprint density at radius 3 is 2.17 bits per heavy atom. The minimum atomic E-state index is -4.32. The molecule has 2 aromatic carbocycles. The molecule has 0 aliphatic heterocycles. The molecule has 3 rings (SSSR count). The van der Waals surface area contributed by atoms with Crippen LogP contribution in [-0.2, 0) is 19.1 Å². The van der Waals surface area contributed by atoms with Gasteiger partial charge in [0.1, 0.15) is 11.6 Å². The molecule has 24 heavy (non-hydrogen) atoms. The first-order valence-corrected chi connectivity index (χ1v) is 7.36. The SMILES string of the molecule is Oc1ccc(Cn2ccnc2Cc2ccc(C(F)(F)F)cc2)cc1. The second-order valence-corrected chi connectivity index (χ2v) is 5.51. The molecule has 0 radical (unpaired) electrons. The number of benzene rings is 2. The molecule has 124 valence electrons. The van der Waals surface area contributed by atoms with Gasteiger partial charge in [0.05, 0.1) is 5.56 Å². The Balaban J connectivity index is 1.74. The zero-order valence-electron chi connectivity index (χ0n) is 12.7. The van der Waals surface area contributed by atoms with E-state index in [2.05, 4.69) is 4.98 Å². The number of hydrogen-bond acceptors (Lipinski definition) is 2. The molecule has 6 heteroatoms. The van der Waals surface area contributed by atoms with Crippen LogP contribution in [0.4, 0.5) is 13.2 Å². The molecule has 0 saturated carbocycles. The molecular formula is C18H15F3N2O. The van der Waals surface area contributed by atoms with Crippen molar-refractivity contribution in [2.45, 2.75) is 19.1 Å². The molecule has 1 N–H and O–H groups in total. The summed E-state index contributed by atoms with van der Waals surface area (Å²) in [6, 6.07) is 12.0. The van der Waals surface area contributed by atoms with Crippen LogP contribution in [0.15, 0.2) is 60.9 Å². The molecule has 1 heterocycles. The van der Waals surface area contributed by atoms with Crippen molar-refractivity contribution < 1.29 is 18.3 Å². The molecule has 0 atom stereocenters. The monoisotopic (exact) mass is 332 g/mol. The molecule has 0 saturated heterocycles. The lowest BCUT2D eigenvalue weighted by Gasteiger charge is -2.10. The fourth-order valence-electron chi connectivity index (χ4n) is 2.44. The number of alkyl halides is 3. The van der Waals surface area contributed by atoms with Gasteiger partial charge in [-0.2, -0.15) is 13.2 Å². The van der Waals surface area contributed by atoms with Crippen molar-refractivity contribution in [2.75, 3.05) is 0 Å². The second-order valence-electron chi connectivity index (χ2n) is 5.51. The number of halogens is 3. The van der Waals surface area contributed by atoms with E-state index in [1.54, 1.807) is 18.3 Å². The number of rotatable bonds is 4. The summed E-state index contributed by atoms with van der Waals surface area (Å²) in [4.78, 5) is 4.29. The molecule has 0 spiro atoms. The lowest BCUT2D eigenvalue weighted by molar-refractivity contribution is -0.137. The predicted molar refractivity (Wildman–Crippen MR) is 83.7 cm³/mol. The van der Waals surface area contributed by atoms with E-state index >= 15 is 0 Å². The number of phenolic OH excluding ortho intramolecular Hbond substituents is 1. The number of imidazole rings is 1. The van der Waals surface area contributed by atoms with Crippen molar-refractivity contribution in [3.63, 3.8) is 0 Å². The largest absolute Gasteiger partial charge is 0.508 e. The van der Waals surface area contributed by atoms with Gasteiger partial charge in [-0.05, 0) is 35.4 Å². The van der Waals surface area contributed by atoms with Crippen LogP contribution in [0.2, 0.25) is 0 Å². The average Bonchev–Trinajstić information content (AvgIpc) is 2.96. The first-order chi connectivity index (χ1) is 11.4. The summed E-state index contributed by atoms with van der Waals surface area (Å²) in [6.07, 6.45) is -0.384. The summed E-state index contributed by atoms with van der Waals surface area (Å²) in [7, 11) is 0. The summed E-state index contributed by atoms with van der Waals surface area (Å²) < 4.78 is 39.7. The van der Waals surface area contributed by atoms with E-state index in [0.29, 0.717) is 13.0 Å². The zero-order chi connectivity index (χ0) is 17.2. The Morgan fingerprint density at radius 1 is 0.917 bits per heavy atom. The normalized spacial score (nSPS) is 11.6. The Kier molecular flexibility index (Phi) is 4.29. The predicted octanol–water partition coefficient (Wildman–Crippen LogP) is 4.25. The Bertz CT molecular complexity index is 806. The molecule has 0 bridgehead atoms. The molecule has 0 aliphatic carbocycles. The van der Waals surface area contributed by atoms with E-state index in [9.17, 15) is 18.3 Å². The maximum atomic E-state index is 12.6. The first-order valence-electron chi connectivity index (χ1n) is 7.36. The third kappa shape index (κ3) is 3.76. The summed E-state index contributed by atoms with van der Waals surface area (Å²) in [5.74, 6) is 0.970. The number of aromatic nitrogens is 2. The number of nitrogens with zero attached hydrogens (tertiary/aromatic N) is 2. The van der Waals surface area contributed by atoms with Crippen molar-refractivity contribution in [1.29, 1.82) is 0 Å². The quantitative estimate of drug-likeness (QED) is 0.776. The first kappa shape index (κ1) is 16.1. The van der Waals surface area contributed by atoms with Gasteiger partial charge in [0.25, 0.3) is 0 Å². The van der Waals surface area contributed by atoms with Crippen molar-refractivity contribution in [2.24, 2.45) is 0 Å². The summed E-state index contributed by atoms with van der Waals surface area (Å²) >= 11 is 0. The topological polar surface area (TPSA) is 38.0 Å². The lowest BCUT2D eigenvalue weighted by Crippen LogP contribution is -2.06. The minimum Gasteiger partial charge on any atom is -0.508 e. The van der Waals surface area contributed by atoms with Crippen LogP contribution < -0.4 is 0 Å². The summed E-state index contributed by atoms with van der Waals surface area (Å²) in [5.41, 5.74) is 1.11. The molecule has 0 amide bonds. The standard InChI is InChI=1S/C18H15F3N2O/c19-18(20,21)15-5-1-13(2-6-15)11-17-22-9-10-23(17)12-14-3-7-16(24)8-4-14/h1-10,24H,11-12H2. The van der Waals surface area contributed by atoms with Crippen LogP contribution in [-0.4, -0.2) is 14.7 Å². The second kappa shape index (κ2) is 6.39. The molecule has 0 fully saturated rings. The van der Waals surface area contributed by atoms with E-state index in [0.717, 1.165) is 29.1 Å². The minimum absolute atomic E-state index is 0.203. The maximum absolute atomic E-state index is 12.6. The Hall–Kier alpha value is -2.76. The van der Waals surface area contributed by atoms with Gasteiger partial charge in [0, 0.05) is 25.4 Å². The molecule has 3 nitrogen and oxygen atoms in total. The van der Waals surface area contributed by atoms with Gasteiger partial charge in [0.15, 0.2) is 0 Å². The van der Waals surface area contributed by atoms with Gasteiger partial charge in [-0.3, -0.25) is 0 Å². The smallest absolute Gasteiger partial charge is 0.416 e. The molecular weight excluding hydrogens is 317 g/mol. The van der Waals surface area contributed by atoms with Gasteiger partial charge >= 0.3 is 6.18 Å². The molecule has 1 aromatic heterocycles. The number of hydrogen-bond donors (Lipinski definition) is 1. The van der Waals surface area contributed by atoms with Gasteiger partial charge in [-0.1, -0.05) is 24.3 Å².